The molecule has 2 N–H and O–H groups in total. The molecule has 2 aromatic rings. The van der Waals surface area contributed by atoms with Crippen LogP contribution in [0.25, 0.3) is 10.6 Å². The van der Waals surface area contributed by atoms with E-state index in [1.54, 1.807) is 0 Å². The lowest BCUT2D eigenvalue weighted by molar-refractivity contribution is 0.0603. The second-order valence-electron chi connectivity index (χ2n) is 5.53. The maximum absolute atomic E-state index is 11.9. The van der Waals surface area contributed by atoms with Gasteiger partial charge < -0.3 is 10.5 Å². The van der Waals surface area contributed by atoms with E-state index in [1.807, 2.05) is 45.0 Å². The molecule has 0 aliphatic heterocycles. The summed E-state index contributed by atoms with van der Waals surface area (Å²) in [6, 6.07) is 7.51. The molecule has 5 heteroatoms. The molecule has 106 valence electrons. The highest BCUT2D eigenvalue weighted by atomic mass is 32.1. The topological polar surface area (TPSA) is 65.2 Å². The van der Waals surface area contributed by atoms with Crippen molar-refractivity contribution in [2.75, 3.05) is 12.8 Å². The molecule has 2 rings (SSSR count). The summed E-state index contributed by atoms with van der Waals surface area (Å²) in [7, 11) is 1.38. The molecule has 0 amide bonds. The van der Waals surface area contributed by atoms with Gasteiger partial charge in [0, 0.05) is 16.7 Å². The van der Waals surface area contributed by atoms with Crippen LogP contribution in [-0.4, -0.2) is 18.1 Å². The number of carbonyl (C=O) groups is 1. The lowest BCUT2D eigenvalue weighted by Gasteiger charge is -2.16. The number of thiazole rings is 1. The van der Waals surface area contributed by atoms with Gasteiger partial charge in [0.15, 0.2) is 0 Å². The van der Waals surface area contributed by atoms with Crippen LogP contribution in [0.15, 0.2) is 24.3 Å². The molecule has 0 unspecified atom stereocenters. The van der Waals surface area contributed by atoms with Crippen molar-refractivity contribution in [1.29, 1.82) is 0 Å². The quantitative estimate of drug-likeness (QED) is 0.679. The molecule has 0 aliphatic carbocycles. The molecular weight excluding hydrogens is 272 g/mol. The summed E-state index contributed by atoms with van der Waals surface area (Å²) in [5.41, 5.74) is 7.99. The minimum absolute atomic E-state index is 0.234. The first-order valence-electron chi connectivity index (χ1n) is 6.29. The average Bonchev–Trinajstić information content (AvgIpc) is 2.83. The Balaban J connectivity index is 2.61. The Labute approximate surface area is 122 Å². The van der Waals surface area contributed by atoms with Crippen LogP contribution in [0, 0.1) is 0 Å². The summed E-state index contributed by atoms with van der Waals surface area (Å²) >= 11 is 1.32. The fraction of sp³-hybridized carbons (Fsp3) is 0.333. The number of nitrogens with zero attached hydrogens (tertiary/aromatic N) is 1. The summed E-state index contributed by atoms with van der Waals surface area (Å²) in [5, 5.41) is 0.744. The number of para-hydroxylation sites is 1. The van der Waals surface area contributed by atoms with E-state index in [0.717, 1.165) is 16.3 Å². The molecule has 1 aromatic carbocycles. The number of anilines is 1. The highest BCUT2D eigenvalue weighted by Gasteiger charge is 2.28. The molecule has 4 nitrogen and oxygen atoms in total. The minimum atomic E-state index is -0.354. The normalized spacial score (nSPS) is 11.4. The highest BCUT2D eigenvalue weighted by Crippen LogP contribution is 2.36. The third-order valence-corrected chi connectivity index (χ3v) is 3.97. The van der Waals surface area contributed by atoms with E-state index in [-0.39, 0.29) is 11.4 Å². The SMILES string of the molecule is COC(=O)c1sc(-c2ccccc2N)nc1C(C)(C)C. The molecule has 0 spiro atoms. The summed E-state index contributed by atoms with van der Waals surface area (Å²) in [5.74, 6) is -0.354. The van der Waals surface area contributed by atoms with Gasteiger partial charge in [0.2, 0.25) is 0 Å². The summed E-state index contributed by atoms with van der Waals surface area (Å²) in [6.45, 7) is 6.06. The van der Waals surface area contributed by atoms with Gasteiger partial charge in [0.1, 0.15) is 9.88 Å². The van der Waals surface area contributed by atoms with E-state index in [0.29, 0.717) is 10.6 Å². The third kappa shape index (κ3) is 2.67. The number of esters is 1. The molecule has 0 aliphatic rings. The molecular formula is C15H18N2O2S. The van der Waals surface area contributed by atoms with Crippen LogP contribution in [-0.2, 0) is 10.2 Å². The summed E-state index contributed by atoms with van der Waals surface area (Å²) < 4.78 is 4.85. The zero-order valence-electron chi connectivity index (χ0n) is 12.1. The smallest absolute Gasteiger partial charge is 0.350 e. The van der Waals surface area contributed by atoms with Crippen molar-refractivity contribution < 1.29 is 9.53 Å². The molecule has 1 aromatic heterocycles. The number of carbonyl (C=O) groups excluding carboxylic acids is 1. The van der Waals surface area contributed by atoms with Crippen molar-refractivity contribution in [3.63, 3.8) is 0 Å². The lowest BCUT2D eigenvalue weighted by atomic mass is 9.91. The van der Waals surface area contributed by atoms with E-state index in [9.17, 15) is 4.79 Å². The Hall–Kier alpha value is -1.88. The minimum Gasteiger partial charge on any atom is -0.465 e. The van der Waals surface area contributed by atoms with Gasteiger partial charge in [0.05, 0.1) is 12.8 Å². The number of rotatable bonds is 2. The van der Waals surface area contributed by atoms with E-state index >= 15 is 0 Å². The number of hydrogen-bond donors (Lipinski definition) is 1. The molecule has 0 saturated carbocycles. The molecule has 0 radical (unpaired) electrons. The second-order valence-corrected chi connectivity index (χ2v) is 6.52. The van der Waals surface area contributed by atoms with Gasteiger partial charge >= 0.3 is 5.97 Å². The third-order valence-electron chi connectivity index (χ3n) is 2.90. The monoisotopic (exact) mass is 290 g/mol. The van der Waals surface area contributed by atoms with Gasteiger partial charge in [-0.2, -0.15) is 0 Å². The number of nitrogens with two attached hydrogens (primary N) is 1. The number of methoxy groups -OCH3 is 1. The van der Waals surface area contributed by atoms with Crippen molar-refractivity contribution in [2.24, 2.45) is 0 Å². The Bertz CT molecular complexity index is 642. The Morgan fingerprint density at radius 3 is 2.50 bits per heavy atom. The fourth-order valence-electron chi connectivity index (χ4n) is 1.87. The molecule has 0 saturated heterocycles. The lowest BCUT2D eigenvalue weighted by Crippen LogP contribution is -2.16. The van der Waals surface area contributed by atoms with Crippen LogP contribution in [0.1, 0.15) is 36.1 Å². The van der Waals surface area contributed by atoms with Crippen molar-refractivity contribution in [3.05, 3.63) is 34.8 Å². The van der Waals surface area contributed by atoms with Crippen LogP contribution in [0.4, 0.5) is 5.69 Å². The molecule has 0 bridgehead atoms. The number of ether oxygens (including phenoxy) is 1. The maximum Gasteiger partial charge on any atom is 0.350 e. The van der Waals surface area contributed by atoms with Crippen molar-refractivity contribution in [1.82, 2.24) is 4.98 Å². The number of benzene rings is 1. The van der Waals surface area contributed by atoms with Gasteiger partial charge in [-0.15, -0.1) is 11.3 Å². The fourth-order valence-corrected chi connectivity index (χ4v) is 3.11. The zero-order valence-corrected chi connectivity index (χ0v) is 12.9. The van der Waals surface area contributed by atoms with Gasteiger partial charge in [-0.3, -0.25) is 0 Å². The van der Waals surface area contributed by atoms with Crippen molar-refractivity contribution >= 4 is 23.0 Å². The average molecular weight is 290 g/mol. The highest BCUT2D eigenvalue weighted by molar-refractivity contribution is 7.17. The van der Waals surface area contributed by atoms with Crippen LogP contribution < -0.4 is 5.73 Å². The van der Waals surface area contributed by atoms with Crippen molar-refractivity contribution in [2.45, 2.75) is 26.2 Å². The summed E-state index contributed by atoms with van der Waals surface area (Å²) in [6.07, 6.45) is 0. The first kappa shape index (κ1) is 14.5. The van der Waals surface area contributed by atoms with Gasteiger partial charge in [0.25, 0.3) is 0 Å². The maximum atomic E-state index is 11.9. The molecule has 1 heterocycles. The summed E-state index contributed by atoms with van der Waals surface area (Å²) in [4.78, 5) is 17.1. The Morgan fingerprint density at radius 2 is 1.95 bits per heavy atom. The number of hydrogen-bond acceptors (Lipinski definition) is 5. The zero-order chi connectivity index (χ0) is 14.9. The van der Waals surface area contributed by atoms with Gasteiger partial charge in [-0.25, -0.2) is 9.78 Å². The van der Waals surface area contributed by atoms with E-state index in [1.165, 1.54) is 18.4 Å². The second kappa shape index (κ2) is 5.25. The van der Waals surface area contributed by atoms with Crippen LogP contribution >= 0.6 is 11.3 Å². The largest absolute Gasteiger partial charge is 0.465 e. The molecule has 0 atom stereocenters. The van der Waals surface area contributed by atoms with Gasteiger partial charge in [-0.1, -0.05) is 32.9 Å². The predicted octanol–water partition coefficient (Wildman–Crippen LogP) is 3.48. The van der Waals surface area contributed by atoms with E-state index < -0.39 is 0 Å². The number of nitrogen functional groups attached to an aromatic ring is 1. The predicted molar refractivity (Wildman–Crippen MR) is 82.0 cm³/mol. The first-order valence-corrected chi connectivity index (χ1v) is 7.10. The van der Waals surface area contributed by atoms with Gasteiger partial charge in [-0.05, 0) is 12.1 Å². The van der Waals surface area contributed by atoms with E-state index in [2.05, 4.69) is 4.98 Å². The van der Waals surface area contributed by atoms with Crippen LogP contribution in [0.2, 0.25) is 0 Å². The standard InChI is InChI=1S/C15H18N2O2S/c1-15(2,3)12-11(14(18)19-4)20-13(17-12)9-7-5-6-8-10(9)16/h5-8H,16H2,1-4H3. The Morgan fingerprint density at radius 1 is 1.30 bits per heavy atom. The molecule has 20 heavy (non-hydrogen) atoms. The number of aromatic nitrogens is 1. The van der Waals surface area contributed by atoms with Crippen LogP contribution in [0.3, 0.4) is 0 Å². The van der Waals surface area contributed by atoms with E-state index in [4.69, 9.17) is 10.5 Å². The first-order chi connectivity index (χ1) is 9.34. The Kier molecular flexibility index (Phi) is 3.81. The van der Waals surface area contributed by atoms with Crippen molar-refractivity contribution in [3.8, 4) is 10.6 Å². The molecule has 0 fully saturated rings. The van der Waals surface area contributed by atoms with Crippen LogP contribution in [0.5, 0.6) is 0 Å².